The van der Waals surface area contributed by atoms with Crippen molar-refractivity contribution in [3.05, 3.63) is 28.3 Å². The van der Waals surface area contributed by atoms with Crippen LogP contribution >= 0.6 is 0 Å². The number of hydrogen-bond acceptors (Lipinski definition) is 5. The first kappa shape index (κ1) is 16.8. The van der Waals surface area contributed by atoms with Gasteiger partial charge in [0, 0.05) is 30.4 Å². The van der Waals surface area contributed by atoms with Crippen molar-refractivity contribution in [2.45, 2.75) is 39.7 Å². The molecule has 0 amide bonds. The van der Waals surface area contributed by atoms with Gasteiger partial charge >= 0.3 is 5.69 Å². The summed E-state index contributed by atoms with van der Waals surface area (Å²) in [5.41, 5.74) is 0.799. The van der Waals surface area contributed by atoms with Crippen LogP contribution in [0.5, 0.6) is 5.75 Å². The van der Waals surface area contributed by atoms with Crippen LogP contribution in [0, 0.1) is 21.4 Å². The summed E-state index contributed by atoms with van der Waals surface area (Å²) in [7, 11) is 0. The Morgan fingerprint density at radius 1 is 1.48 bits per heavy atom. The second-order valence-electron chi connectivity index (χ2n) is 4.95. The van der Waals surface area contributed by atoms with Crippen molar-refractivity contribution in [2.24, 2.45) is 0 Å². The number of nitriles is 1. The Morgan fingerprint density at radius 2 is 2.19 bits per heavy atom. The predicted octanol–water partition coefficient (Wildman–Crippen LogP) is 3.51. The van der Waals surface area contributed by atoms with Crippen LogP contribution in [0.15, 0.2) is 18.2 Å². The summed E-state index contributed by atoms with van der Waals surface area (Å²) in [6.07, 6.45) is 1.18. The van der Waals surface area contributed by atoms with Crippen molar-refractivity contribution in [3.8, 4) is 11.8 Å². The molecule has 0 fully saturated rings. The van der Waals surface area contributed by atoms with Crippen LogP contribution in [0.3, 0.4) is 0 Å². The third kappa shape index (κ3) is 4.63. The van der Waals surface area contributed by atoms with Gasteiger partial charge in [0.05, 0.1) is 24.0 Å². The lowest BCUT2D eigenvalue weighted by molar-refractivity contribution is -0.385. The van der Waals surface area contributed by atoms with Gasteiger partial charge in [-0.3, -0.25) is 10.1 Å². The lowest BCUT2D eigenvalue weighted by Crippen LogP contribution is -2.31. The first-order valence-electron chi connectivity index (χ1n) is 7.06. The molecule has 0 unspecified atom stereocenters. The van der Waals surface area contributed by atoms with E-state index >= 15 is 0 Å². The number of ether oxygens (including phenoxy) is 1. The molecule has 0 saturated heterocycles. The quantitative estimate of drug-likeness (QED) is 0.541. The van der Waals surface area contributed by atoms with Gasteiger partial charge in [-0.15, -0.1) is 0 Å². The second-order valence-corrected chi connectivity index (χ2v) is 4.95. The number of nitrogens with zero attached hydrogens (tertiary/aromatic N) is 3. The van der Waals surface area contributed by atoms with Gasteiger partial charge in [0.25, 0.3) is 0 Å². The van der Waals surface area contributed by atoms with E-state index in [2.05, 4.69) is 6.07 Å². The highest BCUT2D eigenvalue weighted by Crippen LogP contribution is 2.32. The van der Waals surface area contributed by atoms with E-state index in [1.54, 1.807) is 12.1 Å². The highest BCUT2D eigenvalue weighted by molar-refractivity contribution is 5.59. The van der Waals surface area contributed by atoms with Gasteiger partial charge in [-0.05, 0) is 26.3 Å². The molecule has 0 radical (unpaired) electrons. The fourth-order valence-corrected chi connectivity index (χ4v) is 2.02. The van der Waals surface area contributed by atoms with Crippen molar-refractivity contribution < 1.29 is 9.66 Å². The average molecular weight is 291 g/mol. The summed E-state index contributed by atoms with van der Waals surface area (Å²) in [4.78, 5) is 12.6. The first-order valence-corrected chi connectivity index (χ1v) is 7.06. The molecule has 1 rings (SSSR count). The van der Waals surface area contributed by atoms with Gasteiger partial charge in [-0.1, -0.05) is 6.92 Å². The molecule has 0 spiro atoms. The van der Waals surface area contributed by atoms with Crippen LogP contribution in [0.2, 0.25) is 0 Å². The highest BCUT2D eigenvalue weighted by Gasteiger charge is 2.19. The molecule has 0 bridgehead atoms. The van der Waals surface area contributed by atoms with Crippen LogP contribution in [0.4, 0.5) is 11.4 Å². The number of nitro groups is 1. The zero-order valence-corrected chi connectivity index (χ0v) is 12.7. The van der Waals surface area contributed by atoms with E-state index < -0.39 is 4.92 Å². The molecule has 0 atom stereocenters. The Balaban J connectivity index is 3.11. The summed E-state index contributed by atoms with van der Waals surface area (Å²) in [6.45, 7) is 7.00. The van der Waals surface area contributed by atoms with Gasteiger partial charge in [0.1, 0.15) is 0 Å². The average Bonchev–Trinajstić information content (AvgIpc) is 2.45. The Bertz CT molecular complexity index is 523. The maximum atomic E-state index is 11.0. The summed E-state index contributed by atoms with van der Waals surface area (Å²) in [5, 5.41) is 19.8. The minimum absolute atomic E-state index is 0.0313. The van der Waals surface area contributed by atoms with E-state index in [4.69, 9.17) is 10.00 Å². The third-order valence-electron chi connectivity index (χ3n) is 3.02. The van der Waals surface area contributed by atoms with E-state index in [-0.39, 0.29) is 17.5 Å². The fourth-order valence-electron chi connectivity index (χ4n) is 2.02. The molecule has 0 heterocycles. The van der Waals surface area contributed by atoms with Crippen LogP contribution in [-0.2, 0) is 0 Å². The SMILES string of the molecule is CCCOc1cc(N(CCC#N)C(C)C)ccc1[N+](=O)[O-]. The maximum absolute atomic E-state index is 11.0. The Labute approximate surface area is 125 Å². The number of anilines is 1. The van der Waals surface area contributed by atoms with E-state index in [0.29, 0.717) is 19.6 Å². The minimum Gasteiger partial charge on any atom is -0.487 e. The third-order valence-corrected chi connectivity index (χ3v) is 3.02. The molecule has 0 aliphatic carbocycles. The molecule has 1 aromatic rings. The normalized spacial score (nSPS) is 10.2. The van der Waals surface area contributed by atoms with Crippen LogP contribution in [0.25, 0.3) is 0 Å². The molecule has 6 nitrogen and oxygen atoms in total. The molecular weight excluding hydrogens is 270 g/mol. The van der Waals surface area contributed by atoms with E-state index in [1.807, 2.05) is 25.7 Å². The number of rotatable bonds is 8. The zero-order valence-electron chi connectivity index (χ0n) is 12.7. The number of nitro benzene ring substituents is 1. The molecule has 114 valence electrons. The van der Waals surface area contributed by atoms with Crippen molar-refractivity contribution in [3.63, 3.8) is 0 Å². The second kappa shape index (κ2) is 8.10. The van der Waals surface area contributed by atoms with Gasteiger partial charge < -0.3 is 9.64 Å². The summed E-state index contributed by atoms with van der Waals surface area (Å²) in [5.74, 6) is 0.280. The van der Waals surface area contributed by atoms with Crippen LogP contribution < -0.4 is 9.64 Å². The molecule has 0 aromatic heterocycles. The van der Waals surface area contributed by atoms with Crippen molar-refractivity contribution in [1.82, 2.24) is 0 Å². The Morgan fingerprint density at radius 3 is 2.71 bits per heavy atom. The maximum Gasteiger partial charge on any atom is 0.311 e. The fraction of sp³-hybridized carbons (Fsp3) is 0.533. The van der Waals surface area contributed by atoms with E-state index in [9.17, 15) is 10.1 Å². The molecule has 6 heteroatoms. The number of hydrogen-bond donors (Lipinski definition) is 0. The van der Waals surface area contributed by atoms with Gasteiger partial charge in [-0.2, -0.15) is 5.26 Å². The van der Waals surface area contributed by atoms with Crippen molar-refractivity contribution in [2.75, 3.05) is 18.1 Å². The van der Waals surface area contributed by atoms with Gasteiger partial charge in [-0.25, -0.2) is 0 Å². The smallest absolute Gasteiger partial charge is 0.311 e. The lowest BCUT2D eigenvalue weighted by atomic mass is 10.2. The number of benzene rings is 1. The molecule has 0 N–H and O–H groups in total. The van der Waals surface area contributed by atoms with E-state index in [1.165, 1.54) is 6.07 Å². The summed E-state index contributed by atoms with van der Waals surface area (Å²) < 4.78 is 5.49. The van der Waals surface area contributed by atoms with Crippen LogP contribution in [0.1, 0.15) is 33.6 Å². The van der Waals surface area contributed by atoms with Crippen molar-refractivity contribution >= 4 is 11.4 Å². The summed E-state index contributed by atoms with van der Waals surface area (Å²) >= 11 is 0. The highest BCUT2D eigenvalue weighted by atomic mass is 16.6. The zero-order chi connectivity index (χ0) is 15.8. The largest absolute Gasteiger partial charge is 0.487 e. The topological polar surface area (TPSA) is 79.4 Å². The van der Waals surface area contributed by atoms with Gasteiger partial charge in [0.2, 0.25) is 0 Å². The Kier molecular flexibility index (Phi) is 6.47. The molecule has 21 heavy (non-hydrogen) atoms. The molecule has 0 saturated carbocycles. The minimum atomic E-state index is -0.441. The van der Waals surface area contributed by atoms with Crippen LogP contribution in [-0.4, -0.2) is 24.1 Å². The summed E-state index contributed by atoms with van der Waals surface area (Å²) in [6, 6.07) is 7.16. The standard InChI is InChI=1S/C15H21N3O3/c1-4-10-21-15-11-13(6-7-14(15)18(19)20)17(12(2)3)9-5-8-16/h6-7,11-12H,4-5,9-10H2,1-3H3. The first-order chi connectivity index (χ1) is 10.0. The van der Waals surface area contributed by atoms with Gasteiger partial charge in [0.15, 0.2) is 5.75 Å². The molecule has 1 aromatic carbocycles. The molecule has 0 aliphatic heterocycles. The van der Waals surface area contributed by atoms with Crippen molar-refractivity contribution in [1.29, 1.82) is 5.26 Å². The lowest BCUT2D eigenvalue weighted by Gasteiger charge is -2.28. The molecular formula is C15H21N3O3. The Hall–Kier alpha value is -2.29. The predicted molar refractivity (Wildman–Crippen MR) is 81.6 cm³/mol. The van der Waals surface area contributed by atoms with E-state index in [0.717, 1.165) is 12.1 Å². The monoisotopic (exact) mass is 291 g/mol. The molecule has 0 aliphatic rings.